The summed E-state index contributed by atoms with van der Waals surface area (Å²) in [6.07, 6.45) is 5.05. The van der Waals surface area contributed by atoms with Crippen LogP contribution in [0.3, 0.4) is 0 Å². The number of imidazole rings is 1. The second-order valence-corrected chi connectivity index (χ2v) is 12.8. The van der Waals surface area contributed by atoms with E-state index in [9.17, 15) is 13.2 Å². The lowest BCUT2D eigenvalue weighted by Crippen LogP contribution is -2.43. The lowest BCUT2D eigenvalue weighted by Gasteiger charge is -2.29. The normalized spacial score (nSPS) is 17.8. The second-order valence-electron chi connectivity index (χ2n) is 10.8. The molecule has 6 rings (SSSR count). The highest BCUT2D eigenvalue weighted by Crippen LogP contribution is 2.27. The van der Waals surface area contributed by atoms with Crippen molar-refractivity contribution in [2.45, 2.75) is 12.5 Å². The van der Waals surface area contributed by atoms with Gasteiger partial charge in [0.1, 0.15) is 5.65 Å². The Labute approximate surface area is 244 Å². The molecule has 14 heteroatoms. The summed E-state index contributed by atoms with van der Waals surface area (Å²) < 4.78 is 34.6. The number of piperazine rings is 1. The zero-order chi connectivity index (χ0) is 29.3. The fraction of sp³-hybridized carbons (Fsp3) is 0.429. The van der Waals surface area contributed by atoms with Crippen molar-refractivity contribution in [3.63, 3.8) is 0 Å². The highest BCUT2D eigenvalue weighted by atomic mass is 32.2. The van der Waals surface area contributed by atoms with Gasteiger partial charge in [-0.05, 0) is 50.8 Å². The van der Waals surface area contributed by atoms with Crippen molar-refractivity contribution >= 4 is 38.4 Å². The number of aromatic nitrogens is 5. The van der Waals surface area contributed by atoms with Gasteiger partial charge in [-0.3, -0.25) is 9.36 Å². The molecule has 4 aromatic rings. The minimum atomic E-state index is -3.75. The molecule has 2 N–H and O–H groups in total. The third kappa shape index (κ3) is 5.75. The molecule has 5 heterocycles. The van der Waals surface area contributed by atoms with Crippen LogP contribution in [-0.2, 0) is 14.8 Å². The zero-order valence-electron chi connectivity index (χ0n) is 23.7. The molecule has 3 aromatic heterocycles. The Balaban J connectivity index is 1.36. The van der Waals surface area contributed by atoms with Gasteiger partial charge in [0.15, 0.2) is 5.82 Å². The van der Waals surface area contributed by atoms with Crippen LogP contribution in [-0.4, -0.2) is 103 Å². The minimum absolute atomic E-state index is 0.0695. The third-order valence-electron chi connectivity index (χ3n) is 7.59. The number of anilines is 3. The quantitative estimate of drug-likeness (QED) is 0.292. The van der Waals surface area contributed by atoms with Crippen molar-refractivity contribution in [2.24, 2.45) is 0 Å². The smallest absolute Gasteiger partial charge is 0.263 e. The molecule has 2 saturated heterocycles. The molecule has 0 aliphatic carbocycles. The largest absolute Gasteiger partial charge is 0.379 e. The van der Waals surface area contributed by atoms with Crippen LogP contribution in [0.25, 0.3) is 22.4 Å². The number of fused-ring (bicyclic) bond motifs is 1. The van der Waals surface area contributed by atoms with E-state index in [0.29, 0.717) is 43.2 Å². The summed E-state index contributed by atoms with van der Waals surface area (Å²) in [5.74, 6) is 0.306. The first-order valence-electron chi connectivity index (χ1n) is 14.0. The van der Waals surface area contributed by atoms with Gasteiger partial charge in [0.2, 0.25) is 16.0 Å². The topological polar surface area (TPSA) is 140 Å². The summed E-state index contributed by atoms with van der Waals surface area (Å²) in [7, 11) is -0.138. The maximum atomic E-state index is 14.0. The molecule has 0 spiro atoms. The number of ether oxygens (including phenoxy) is 1. The lowest BCUT2D eigenvalue weighted by molar-refractivity contribution is 0.186. The van der Waals surface area contributed by atoms with Gasteiger partial charge in [0.05, 0.1) is 24.0 Å². The van der Waals surface area contributed by atoms with E-state index in [2.05, 4.69) is 37.6 Å². The number of hydrogen-bond acceptors (Lipinski definition) is 11. The number of pyridine rings is 1. The van der Waals surface area contributed by atoms with Crippen molar-refractivity contribution in [3.05, 3.63) is 59.3 Å². The fourth-order valence-electron chi connectivity index (χ4n) is 5.31. The number of hydrogen-bond donors (Lipinski definition) is 2. The van der Waals surface area contributed by atoms with E-state index in [1.807, 2.05) is 26.2 Å². The molecule has 2 aliphatic rings. The summed E-state index contributed by atoms with van der Waals surface area (Å²) in [4.78, 5) is 31.7. The maximum absolute atomic E-state index is 14.0. The Morgan fingerprint density at radius 3 is 2.64 bits per heavy atom. The van der Waals surface area contributed by atoms with Crippen molar-refractivity contribution in [1.82, 2.24) is 33.7 Å². The monoisotopic (exact) mass is 593 g/mol. The standard InChI is InChI=1S/C28H35N9O4S/c1-34(2)14-16-42(39,40)36-13-10-30-26(36)24-17-20-18-31-28(33-25(20)37(27(24)38)23-7-15-41-19-23)32-21-3-5-22(6-4-21)35-11-8-29-9-12-35/h3-6,10,13,17-18,23,29H,7-9,11-12,14-16,19H2,1-2H3,(H,31,32,33). The Morgan fingerprint density at radius 2 is 1.93 bits per heavy atom. The molecule has 1 unspecified atom stereocenters. The highest BCUT2D eigenvalue weighted by molar-refractivity contribution is 7.90. The number of rotatable bonds is 9. The van der Waals surface area contributed by atoms with E-state index in [4.69, 9.17) is 9.72 Å². The van der Waals surface area contributed by atoms with E-state index < -0.39 is 10.0 Å². The van der Waals surface area contributed by atoms with Crippen LogP contribution in [0.1, 0.15) is 12.5 Å². The molecule has 0 radical (unpaired) electrons. The Bertz CT molecular complexity index is 1720. The molecular formula is C28H35N9O4S. The van der Waals surface area contributed by atoms with Crippen LogP contribution in [0.15, 0.2) is 53.7 Å². The summed E-state index contributed by atoms with van der Waals surface area (Å²) in [5.41, 5.74) is 2.22. The van der Waals surface area contributed by atoms with Crippen molar-refractivity contribution in [1.29, 1.82) is 0 Å². The summed E-state index contributed by atoms with van der Waals surface area (Å²) in [6.45, 7) is 5.08. The van der Waals surface area contributed by atoms with Crippen molar-refractivity contribution in [2.75, 3.05) is 76.0 Å². The van der Waals surface area contributed by atoms with E-state index in [0.717, 1.165) is 41.5 Å². The number of benzene rings is 1. The molecule has 0 bridgehead atoms. The number of nitrogens with zero attached hydrogens (tertiary/aromatic N) is 7. The summed E-state index contributed by atoms with van der Waals surface area (Å²) >= 11 is 0. The molecule has 42 heavy (non-hydrogen) atoms. The van der Waals surface area contributed by atoms with Crippen molar-refractivity contribution in [3.8, 4) is 11.4 Å². The molecule has 1 aromatic carbocycles. The first-order valence-corrected chi connectivity index (χ1v) is 15.7. The zero-order valence-corrected chi connectivity index (χ0v) is 24.5. The van der Waals surface area contributed by atoms with Crippen LogP contribution in [0, 0.1) is 0 Å². The molecule has 2 aliphatic heterocycles. The predicted octanol–water partition coefficient (Wildman–Crippen LogP) is 1.51. The molecule has 1 atom stereocenters. The molecule has 0 saturated carbocycles. The van der Waals surface area contributed by atoms with E-state index in [-0.39, 0.29) is 28.7 Å². The molecule has 13 nitrogen and oxygen atoms in total. The minimum Gasteiger partial charge on any atom is -0.379 e. The van der Waals surface area contributed by atoms with E-state index in [1.54, 1.807) is 21.7 Å². The first-order chi connectivity index (χ1) is 20.3. The third-order valence-corrected chi connectivity index (χ3v) is 9.19. The van der Waals surface area contributed by atoms with Crippen LogP contribution in [0.2, 0.25) is 0 Å². The molecule has 2 fully saturated rings. The SMILES string of the molecule is CN(C)CCS(=O)(=O)n1ccnc1-c1cc2cnc(Nc3ccc(N4CCNCC4)cc3)nc2n(C2CCOC2)c1=O. The van der Waals surface area contributed by atoms with Gasteiger partial charge in [-0.25, -0.2) is 22.4 Å². The van der Waals surface area contributed by atoms with E-state index in [1.165, 1.54) is 12.4 Å². The Hall–Kier alpha value is -3.85. The van der Waals surface area contributed by atoms with Crippen LogP contribution >= 0.6 is 0 Å². The molecular weight excluding hydrogens is 558 g/mol. The number of nitrogens with one attached hydrogen (secondary N) is 2. The van der Waals surface area contributed by atoms with Crippen LogP contribution in [0.4, 0.5) is 17.3 Å². The molecule has 222 valence electrons. The lowest BCUT2D eigenvalue weighted by atomic mass is 10.1. The molecule has 0 amide bonds. The highest BCUT2D eigenvalue weighted by Gasteiger charge is 2.27. The van der Waals surface area contributed by atoms with Gasteiger partial charge < -0.3 is 25.2 Å². The fourth-order valence-corrected chi connectivity index (χ4v) is 6.76. The van der Waals surface area contributed by atoms with Gasteiger partial charge >= 0.3 is 0 Å². The van der Waals surface area contributed by atoms with Gasteiger partial charge in [-0.15, -0.1) is 0 Å². The van der Waals surface area contributed by atoms with Crippen LogP contribution in [0.5, 0.6) is 0 Å². The van der Waals surface area contributed by atoms with Gasteiger partial charge in [-0.1, -0.05) is 0 Å². The Kier molecular flexibility index (Phi) is 7.94. The maximum Gasteiger partial charge on any atom is 0.263 e. The first kappa shape index (κ1) is 28.3. The van der Waals surface area contributed by atoms with Gasteiger partial charge in [-0.2, -0.15) is 4.98 Å². The average Bonchev–Trinajstić information content (AvgIpc) is 3.70. The summed E-state index contributed by atoms with van der Waals surface area (Å²) in [6, 6.07) is 9.49. The second kappa shape index (κ2) is 11.8. The van der Waals surface area contributed by atoms with E-state index >= 15 is 0 Å². The van der Waals surface area contributed by atoms with Crippen molar-refractivity contribution < 1.29 is 13.2 Å². The van der Waals surface area contributed by atoms with Crippen LogP contribution < -0.4 is 21.1 Å². The predicted molar refractivity (Wildman–Crippen MR) is 162 cm³/mol. The average molecular weight is 594 g/mol. The summed E-state index contributed by atoms with van der Waals surface area (Å²) in [5, 5.41) is 7.22. The Morgan fingerprint density at radius 1 is 1.14 bits per heavy atom. The van der Waals surface area contributed by atoms with Gasteiger partial charge in [0.25, 0.3) is 5.56 Å². The van der Waals surface area contributed by atoms with Gasteiger partial charge in [0, 0.05) is 74.7 Å².